The molecule has 1 aromatic carbocycles. The summed E-state index contributed by atoms with van der Waals surface area (Å²) in [6.45, 7) is 3.64. The molecule has 0 aliphatic rings. The van der Waals surface area contributed by atoms with Gasteiger partial charge in [-0.25, -0.2) is 12.7 Å². The van der Waals surface area contributed by atoms with E-state index in [1.165, 1.54) is 29.7 Å². The molecule has 0 saturated carbocycles. The molecule has 1 heterocycles. The van der Waals surface area contributed by atoms with Crippen LogP contribution in [0.25, 0.3) is 0 Å². The fraction of sp³-hybridized carbons (Fsp3) is 0.286. The van der Waals surface area contributed by atoms with E-state index in [9.17, 15) is 8.42 Å². The molecule has 0 atom stereocenters. The van der Waals surface area contributed by atoms with Gasteiger partial charge in [-0.05, 0) is 26.0 Å². The zero-order valence-corrected chi connectivity index (χ0v) is 13.5. The monoisotopic (exact) mass is 311 g/mol. The van der Waals surface area contributed by atoms with Gasteiger partial charge in [0.1, 0.15) is 15.7 Å². The van der Waals surface area contributed by atoms with Crippen LogP contribution < -0.4 is 4.74 Å². The molecule has 20 heavy (non-hydrogen) atoms. The summed E-state index contributed by atoms with van der Waals surface area (Å²) in [5, 5.41) is 0. The van der Waals surface area contributed by atoms with E-state index >= 15 is 0 Å². The molecule has 2 rings (SSSR count). The van der Waals surface area contributed by atoms with Gasteiger partial charge in [0.25, 0.3) is 10.0 Å². The van der Waals surface area contributed by atoms with Crippen LogP contribution in [-0.2, 0) is 10.0 Å². The molecule has 0 amide bonds. The molecule has 2 aromatic rings. The zero-order valence-electron chi connectivity index (χ0n) is 11.9. The number of thiophene rings is 1. The van der Waals surface area contributed by atoms with Crippen molar-refractivity contribution in [2.75, 3.05) is 14.1 Å². The van der Waals surface area contributed by atoms with Gasteiger partial charge >= 0.3 is 0 Å². The predicted octanol–water partition coefficient (Wildman–Crippen LogP) is 3.41. The molecule has 4 nitrogen and oxygen atoms in total. The van der Waals surface area contributed by atoms with E-state index in [2.05, 4.69) is 0 Å². The minimum atomic E-state index is -3.43. The Morgan fingerprint density at radius 2 is 1.70 bits per heavy atom. The molecule has 6 heteroatoms. The molecule has 0 fully saturated rings. The quantitative estimate of drug-likeness (QED) is 0.869. The van der Waals surface area contributed by atoms with Crippen molar-refractivity contribution in [2.45, 2.75) is 18.1 Å². The lowest BCUT2D eigenvalue weighted by atomic mass is 10.3. The summed E-state index contributed by atoms with van der Waals surface area (Å²) in [6.07, 6.45) is 0. The van der Waals surface area contributed by atoms with Crippen molar-refractivity contribution in [1.29, 1.82) is 0 Å². The van der Waals surface area contributed by atoms with E-state index in [4.69, 9.17) is 4.74 Å². The first-order valence-corrected chi connectivity index (χ1v) is 8.35. The standard InChI is InChI=1S/C14H17NO3S2/c1-10-13(18-12-8-6-5-7-9-12)11(2)19-14(10)20(16,17)15(3)4/h5-9H,1-4H3. The Morgan fingerprint density at radius 3 is 2.25 bits per heavy atom. The summed E-state index contributed by atoms with van der Waals surface area (Å²) >= 11 is 1.24. The van der Waals surface area contributed by atoms with Crippen LogP contribution in [0, 0.1) is 13.8 Å². The molecule has 0 aliphatic carbocycles. The molecular formula is C14H17NO3S2. The first kappa shape index (κ1) is 15.0. The molecule has 108 valence electrons. The maximum absolute atomic E-state index is 12.3. The molecule has 0 saturated heterocycles. The lowest BCUT2D eigenvalue weighted by molar-refractivity contribution is 0.476. The lowest BCUT2D eigenvalue weighted by Gasteiger charge is -2.10. The van der Waals surface area contributed by atoms with Crippen molar-refractivity contribution < 1.29 is 13.2 Å². The molecule has 0 N–H and O–H groups in total. The van der Waals surface area contributed by atoms with Crippen LogP contribution in [0.5, 0.6) is 11.5 Å². The highest BCUT2D eigenvalue weighted by atomic mass is 32.2. The molecule has 0 bridgehead atoms. The number of benzene rings is 1. The van der Waals surface area contributed by atoms with Gasteiger partial charge in [0.15, 0.2) is 0 Å². The number of nitrogens with zero attached hydrogens (tertiary/aromatic N) is 1. The second kappa shape index (κ2) is 5.55. The topological polar surface area (TPSA) is 46.6 Å². The second-order valence-corrected chi connectivity index (χ2v) is 8.17. The van der Waals surface area contributed by atoms with Crippen molar-refractivity contribution >= 4 is 21.4 Å². The summed E-state index contributed by atoms with van der Waals surface area (Å²) in [6, 6.07) is 9.35. The first-order chi connectivity index (χ1) is 9.34. The Labute approximate surface area is 123 Å². The third-order valence-electron chi connectivity index (χ3n) is 2.89. The number of rotatable bonds is 4. The van der Waals surface area contributed by atoms with Crippen molar-refractivity contribution in [1.82, 2.24) is 4.31 Å². The Bertz CT molecular complexity index is 704. The zero-order chi connectivity index (χ0) is 14.9. The smallest absolute Gasteiger partial charge is 0.252 e. The molecule has 1 aromatic heterocycles. The normalized spacial score (nSPS) is 11.8. The van der Waals surface area contributed by atoms with Crippen LogP contribution in [0.2, 0.25) is 0 Å². The number of sulfonamides is 1. The Hall–Kier alpha value is -1.37. The van der Waals surface area contributed by atoms with Crippen LogP contribution >= 0.6 is 11.3 Å². The van der Waals surface area contributed by atoms with Gasteiger partial charge in [-0.3, -0.25) is 0 Å². The van der Waals surface area contributed by atoms with Crippen LogP contribution in [0.3, 0.4) is 0 Å². The van der Waals surface area contributed by atoms with E-state index < -0.39 is 10.0 Å². The highest BCUT2D eigenvalue weighted by Gasteiger charge is 2.26. The maximum Gasteiger partial charge on any atom is 0.252 e. The van der Waals surface area contributed by atoms with Gasteiger partial charge in [0.05, 0.1) is 0 Å². The average molecular weight is 311 g/mol. The van der Waals surface area contributed by atoms with Gasteiger partial charge in [-0.15, -0.1) is 11.3 Å². The molecule has 0 radical (unpaired) electrons. The minimum Gasteiger partial charge on any atom is -0.456 e. The van der Waals surface area contributed by atoms with Gasteiger partial charge in [-0.1, -0.05) is 18.2 Å². The van der Waals surface area contributed by atoms with Crippen LogP contribution in [-0.4, -0.2) is 26.8 Å². The van der Waals surface area contributed by atoms with Crippen molar-refractivity contribution in [2.24, 2.45) is 0 Å². The van der Waals surface area contributed by atoms with Crippen LogP contribution in [0.4, 0.5) is 0 Å². The van der Waals surface area contributed by atoms with Gasteiger partial charge in [0, 0.05) is 24.5 Å². The summed E-state index contributed by atoms with van der Waals surface area (Å²) in [7, 11) is -0.371. The number of para-hydroxylation sites is 1. The largest absolute Gasteiger partial charge is 0.456 e. The third kappa shape index (κ3) is 2.72. The number of ether oxygens (including phenoxy) is 1. The van der Waals surface area contributed by atoms with Gasteiger partial charge < -0.3 is 4.74 Å². The summed E-state index contributed by atoms with van der Waals surface area (Å²) in [4.78, 5) is 0.853. The predicted molar refractivity (Wildman–Crippen MR) is 81.2 cm³/mol. The number of hydrogen-bond acceptors (Lipinski definition) is 4. The molecular weight excluding hydrogens is 294 g/mol. The maximum atomic E-state index is 12.3. The lowest BCUT2D eigenvalue weighted by Crippen LogP contribution is -2.21. The average Bonchev–Trinajstić information content (AvgIpc) is 2.68. The summed E-state index contributed by atoms with van der Waals surface area (Å²) < 4.78 is 31.9. The third-order valence-corrected chi connectivity index (χ3v) is 6.49. The Morgan fingerprint density at radius 1 is 1.10 bits per heavy atom. The van der Waals surface area contributed by atoms with E-state index in [-0.39, 0.29) is 0 Å². The SMILES string of the molecule is Cc1sc(S(=O)(=O)N(C)C)c(C)c1Oc1ccccc1. The molecule has 0 aliphatic heterocycles. The number of hydrogen-bond donors (Lipinski definition) is 0. The van der Waals surface area contributed by atoms with Crippen molar-refractivity contribution in [3.05, 3.63) is 40.8 Å². The van der Waals surface area contributed by atoms with Crippen molar-refractivity contribution in [3.63, 3.8) is 0 Å². The number of aryl methyl sites for hydroxylation is 1. The summed E-state index contributed by atoms with van der Waals surface area (Å²) in [5.41, 5.74) is 0.657. The molecule has 0 unspecified atom stereocenters. The van der Waals surface area contributed by atoms with Gasteiger partial charge in [-0.2, -0.15) is 0 Å². The molecule has 0 spiro atoms. The minimum absolute atomic E-state index is 0.339. The Balaban J connectivity index is 2.45. The highest BCUT2D eigenvalue weighted by molar-refractivity contribution is 7.91. The van der Waals surface area contributed by atoms with E-state index in [1.54, 1.807) is 6.92 Å². The summed E-state index contributed by atoms with van der Waals surface area (Å²) in [5.74, 6) is 1.33. The van der Waals surface area contributed by atoms with Gasteiger partial charge in [0.2, 0.25) is 0 Å². The highest BCUT2D eigenvalue weighted by Crippen LogP contribution is 2.40. The van der Waals surface area contributed by atoms with Crippen molar-refractivity contribution in [3.8, 4) is 11.5 Å². The van der Waals surface area contributed by atoms with Crippen LogP contribution in [0.15, 0.2) is 34.5 Å². The van der Waals surface area contributed by atoms with E-state index in [0.717, 1.165) is 4.88 Å². The van der Waals surface area contributed by atoms with E-state index in [0.29, 0.717) is 21.3 Å². The Kier molecular flexibility index (Phi) is 4.17. The van der Waals surface area contributed by atoms with E-state index in [1.807, 2.05) is 37.3 Å². The first-order valence-electron chi connectivity index (χ1n) is 6.09. The second-order valence-electron chi connectivity index (χ2n) is 4.60. The fourth-order valence-corrected chi connectivity index (χ4v) is 4.65. The fourth-order valence-electron chi connectivity index (χ4n) is 1.79. The van der Waals surface area contributed by atoms with Crippen LogP contribution in [0.1, 0.15) is 10.4 Å².